The van der Waals surface area contributed by atoms with Crippen LogP contribution in [-0.4, -0.2) is 59.4 Å². The van der Waals surface area contributed by atoms with Crippen molar-refractivity contribution in [3.8, 4) is 5.75 Å². The maximum Gasteiger partial charge on any atom is 0.323 e. The van der Waals surface area contributed by atoms with E-state index >= 15 is 0 Å². The Hall–Kier alpha value is -2.57. The summed E-state index contributed by atoms with van der Waals surface area (Å²) in [6, 6.07) is 7.43. The number of aliphatic carboxylic acids is 1. The van der Waals surface area contributed by atoms with Crippen LogP contribution in [0, 0.1) is 11.8 Å². The molecule has 0 radical (unpaired) electrons. The Labute approximate surface area is 153 Å². The summed E-state index contributed by atoms with van der Waals surface area (Å²) in [7, 11) is 1.59. The van der Waals surface area contributed by atoms with Gasteiger partial charge in [0.15, 0.2) is 0 Å². The van der Waals surface area contributed by atoms with Crippen LogP contribution >= 0.6 is 0 Å². The molecule has 0 aromatic heterocycles. The molecular weight excluding hydrogens is 336 g/mol. The second-order valence-corrected chi connectivity index (χ2v) is 7.03. The van der Waals surface area contributed by atoms with E-state index in [2.05, 4.69) is 0 Å². The third kappa shape index (κ3) is 5.21. The highest BCUT2D eigenvalue weighted by Gasteiger charge is 2.37. The summed E-state index contributed by atoms with van der Waals surface area (Å²) < 4.78 is 5.12. The second-order valence-electron chi connectivity index (χ2n) is 7.03. The van der Waals surface area contributed by atoms with Crippen molar-refractivity contribution >= 4 is 17.8 Å². The fourth-order valence-corrected chi connectivity index (χ4v) is 3.14. The molecule has 7 nitrogen and oxygen atoms in total. The summed E-state index contributed by atoms with van der Waals surface area (Å²) in [6.07, 6.45) is 0.128. The number of carbonyl (C=O) groups excluding carboxylic acids is 2. The molecule has 26 heavy (non-hydrogen) atoms. The number of likely N-dealkylation sites (tertiary alicyclic amines) is 1. The number of ether oxygens (including phenoxy) is 1. The molecule has 0 aliphatic carbocycles. The van der Waals surface area contributed by atoms with Gasteiger partial charge in [0, 0.05) is 26.1 Å². The summed E-state index contributed by atoms with van der Waals surface area (Å²) in [5.41, 5.74) is 0.955. The lowest BCUT2D eigenvalue weighted by Gasteiger charge is -2.25. The molecule has 1 saturated heterocycles. The Morgan fingerprint density at radius 1 is 1.31 bits per heavy atom. The average molecular weight is 362 g/mol. The predicted octanol–water partition coefficient (Wildman–Crippen LogP) is 1.61. The minimum Gasteiger partial charge on any atom is -0.497 e. The van der Waals surface area contributed by atoms with E-state index in [4.69, 9.17) is 9.84 Å². The Morgan fingerprint density at radius 2 is 1.96 bits per heavy atom. The van der Waals surface area contributed by atoms with Crippen LogP contribution in [0.4, 0.5) is 0 Å². The maximum atomic E-state index is 12.7. The number of nitrogens with zero attached hydrogens (tertiary/aromatic N) is 2. The lowest BCUT2D eigenvalue weighted by atomic mass is 10.1. The molecule has 1 aliphatic rings. The first kappa shape index (κ1) is 19.8. The van der Waals surface area contributed by atoms with Crippen molar-refractivity contribution in [3.63, 3.8) is 0 Å². The quantitative estimate of drug-likeness (QED) is 0.759. The van der Waals surface area contributed by atoms with Crippen molar-refractivity contribution in [2.45, 2.75) is 26.8 Å². The Morgan fingerprint density at radius 3 is 2.50 bits per heavy atom. The van der Waals surface area contributed by atoms with E-state index < -0.39 is 11.9 Å². The van der Waals surface area contributed by atoms with Gasteiger partial charge in [0.1, 0.15) is 12.3 Å². The summed E-state index contributed by atoms with van der Waals surface area (Å²) in [6.45, 7) is 4.64. The van der Waals surface area contributed by atoms with E-state index in [-0.39, 0.29) is 30.7 Å². The Balaban J connectivity index is 2.01. The van der Waals surface area contributed by atoms with Gasteiger partial charge in [-0.15, -0.1) is 0 Å². The lowest BCUT2D eigenvalue weighted by molar-refractivity contribution is -0.146. The first-order chi connectivity index (χ1) is 12.3. The molecule has 1 aromatic carbocycles. The largest absolute Gasteiger partial charge is 0.497 e. The van der Waals surface area contributed by atoms with E-state index in [1.54, 1.807) is 12.0 Å². The van der Waals surface area contributed by atoms with Crippen LogP contribution in [0.15, 0.2) is 24.3 Å². The SMILES string of the molecule is COc1ccc(CN2CC(C(=O)N(CC(=O)O)CC(C)C)CC2=O)cc1. The molecule has 1 atom stereocenters. The monoisotopic (exact) mass is 362 g/mol. The number of amides is 2. The molecule has 0 bridgehead atoms. The molecule has 1 unspecified atom stereocenters. The number of rotatable bonds is 8. The summed E-state index contributed by atoms with van der Waals surface area (Å²) >= 11 is 0. The molecule has 1 aliphatic heterocycles. The number of hydrogen-bond acceptors (Lipinski definition) is 4. The van der Waals surface area contributed by atoms with Crippen molar-refractivity contribution in [2.24, 2.45) is 11.8 Å². The number of carbonyl (C=O) groups is 3. The molecule has 1 aromatic rings. The number of methoxy groups -OCH3 is 1. The van der Waals surface area contributed by atoms with Gasteiger partial charge in [0.2, 0.25) is 11.8 Å². The molecule has 142 valence electrons. The van der Waals surface area contributed by atoms with E-state index in [1.165, 1.54) is 4.90 Å². The molecule has 1 fully saturated rings. The number of carboxylic acids is 1. The van der Waals surface area contributed by atoms with Crippen molar-refractivity contribution in [1.29, 1.82) is 0 Å². The van der Waals surface area contributed by atoms with Crippen molar-refractivity contribution in [1.82, 2.24) is 9.80 Å². The fourth-order valence-electron chi connectivity index (χ4n) is 3.14. The smallest absolute Gasteiger partial charge is 0.323 e. The number of benzene rings is 1. The van der Waals surface area contributed by atoms with Gasteiger partial charge in [0.25, 0.3) is 0 Å². The third-order valence-electron chi connectivity index (χ3n) is 4.32. The van der Waals surface area contributed by atoms with Crippen LogP contribution in [0.1, 0.15) is 25.8 Å². The van der Waals surface area contributed by atoms with E-state index in [1.807, 2.05) is 38.1 Å². The summed E-state index contributed by atoms with van der Waals surface area (Å²) in [5.74, 6) is -0.971. The summed E-state index contributed by atoms with van der Waals surface area (Å²) in [4.78, 5) is 39.1. The van der Waals surface area contributed by atoms with Crippen LogP contribution < -0.4 is 4.74 Å². The standard InChI is InChI=1S/C19H26N2O5/c1-13(2)9-21(12-18(23)24)19(25)15-8-17(22)20(11-15)10-14-4-6-16(26-3)7-5-14/h4-7,13,15H,8-12H2,1-3H3,(H,23,24). The van der Waals surface area contributed by atoms with Crippen molar-refractivity contribution in [2.75, 3.05) is 26.7 Å². The zero-order chi connectivity index (χ0) is 19.3. The van der Waals surface area contributed by atoms with Crippen LogP contribution in [0.3, 0.4) is 0 Å². The molecular formula is C19H26N2O5. The molecule has 1 heterocycles. The zero-order valence-corrected chi connectivity index (χ0v) is 15.5. The molecule has 2 rings (SSSR count). The zero-order valence-electron chi connectivity index (χ0n) is 15.5. The van der Waals surface area contributed by atoms with Gasteiger partial charge in [-0.1, -0.05) is 26.0 Å². The number of hydrogen-bond donors (Lipinski definition) is 1. The normalized spacial score (nSPS) is 16.8. The van der Waals surface area contributed by atoms with Gasteiger partial charge in [0.05, 0.1) is 13.0 Å². The van der Waals surface area contributed by atoms with Gasteiger partial charge >= 0.3 is 5.97 Å². The predicted molar refractivity (Wildman–Crippen MR) is 95.6 cm³/mol. The first-order valence-corrected chi connectivity index (χ1v) is 8.71. The van der Waals surface area contributed by atoms with Gasteiger partial charge in [-0.05, 0) is 23.6 Å². The lowest BCUT2D eigenvalue weighted by Crippen LogP contribution is -2.42. The Bertz CT molecular complexity index is 656. The topological polar surface area (TPSA) is 87.2 Å². The third-order valence-corrected chi connectivity index (χ3v) is 4.32. The summed E-state index contributed by atoms with van der Waals surface area (Å²) in [5, 5.41) is 9.05. The highest BCUT2D eigenvalue weighted by molar-refractivity contribution is 5.90. The van der Waals surface area contributed by atoms with Gasteiger partial charge in [-0.2, -0.15) is 0 Å². The van der Waals surface area contributed by atoms with E-state index in [0.717, 1.165) is 11.3 Å². The molecule has 1 N–H and O–H groups in total. The highest BCUT2D eigenvalue weighted by atomic mass is 16.5. The van der Waals surface area contributed by atoms with Crippen molar-refractivity contribution in [3.05, 3.63) is 29.8 Å². The Kier molecular flexibility index (Phi) is 6.60. The van der Waals surface area contributed by atoms with Crippen LogP contribution in [0.25, 0.3) is 0 Å². The second kappa shape index (κ2) is 8.69. The minimum atomic E-state index is -1.04. The molecule has 0 spiro atoms. The van der Waals surface area contributed by atoms with Gasteiger partial charge in [-0.3, -0.25) is 14.4 Å². The van der Waals surface area contributed by atoms with E-state index in [0.29, 0.717) is 19.6 Å². The van der Waals surface area contributed by atoms with Gasteiger partial charge < -0.3 is 19.6 Å². The molecule has 7 heteroatoms. The number of carboxylic acid groups (broad SMARTS) is 1. The van der Waals surface area contributed by atoms with Gasteiger partial charge in [-0.25, -0.2) is 0 Å². The average Bonchev–Trinajstić information content (AvgIpc) is 2.94. The minimum absolute atomic E-state index is 0.0843. The van der Waals surface area contributed by atoms with Crippen LogP contribution in [0.2, 0.25) is 0 Å². The fraction of sp³-hybridized carbons (Fsp3) is 0.526. The van der Waals surface area contributed by atoms with Crippen molar-refractivity contribution < 1.29 is 24.2 Å². The molecule has 2 amide bonds. The van der Waals surface area contributed by atoms with E-state index in [9.17, 15) is 14.4 Å². The highest BCUT2D eigenvalue weighted by Crippen LogP contribution is 2.23. The van der Waals surface area contributed by atoms with Crippen LogP contribution in [0.5, 0.6) is 5.75 Å². The molecule has 0 saturated carbocycles. The first-order valence-electron chi connectivity index (χ1n) is 8.71. The maximum absolute atomic E-state index is 12.7. The van der Waals surface area contributed by atoms with Crippen LogP contribution in [-0.2, 0) is 20.9 Å².